The fourth-order valence-electron chi connectivity index (χ4n) is 1.80. The summed E-state index contributed by atoms with van der Waals surface area (Å²) in [5, 5.41) is 6.51. The molecule has 0 aliphatic carbocycles. The Bertz CT molecular complexity index is 464. The van der Waals surface area contributed by atoms with Gasteiger partial charge in [0.15, 0.2) is 5.71 Å². The predicted octanol–water partition coefficient (Wildman–Crippen LogP) is 1.61. The highest BCUT2D eigenvalue weighted by Gasteiger charge is 2.28. The van der Waals surface area contributed by atoms with E-state index < -0.39 is 0 Å². The smallest absolute Gasteiger partial charge is 0.278 e. The van der Waals surface area contributed by atoms with Gasteiger partial charge in [0.25, 0.3) is 5.91 Å². The molecule has 1 aliphatic rings. The number of rotatable bonds is 1. The molecular formula is C11H12N2O2. The van der Waals surface area contributed by atoms with Crippen molar-refractivity contribution < 1.29 is 9.63 Å². The number of aryl methyl sites for hydroxylation is 2. The molecule has 1 aromatic rings. The van der Waals surface area contributed by atoms with Crippen molar-refractivity contribution in [2.24, 2.45) is 5.16 Å². The van der Waals surface area contributed by atoms with Gasteiger partial charge in [-0.25, -0.2) is 0 Å². The summed E-state index contributed by atoms with van der Waals surface area (Å²) in [6, 6.07) is 3.95. The molecule has 0 saturated heterocycles. The summed E-state index contributed by atoms with van der Waals surface area (Å²) in [6.45, 7) is 3.95. The maximum absolute atomic E-state index is 11.6. The first-order valence-corrected chi connectivity index (χ1v) is 4.67. The molecule has 1 N–H and O–H groups in total. The second-order valence-electron chi connectivity index (χ2n) is 3.58. The van der Waals surface area contributed by atoms with E-state index in [0.717, 1.165) is 22.4 Å². The number of nitrogens with zero attached hydrogens (tertiary/aromatic N) is 1. The van der Waals surface area contributed by atoms with Crippen molar-refractivity contribution in [3.05, 3.63) is 28.8 Å². The zero-order valence-corrected chi connectivity index (χ0v) is 8.92. The molecule has 0 fully saturated rings. The van der Waals surface area contributed by atoms with Gasteiger partial charge in [0.05, 0.1) is 5.69 Å². The van der Waals surface area contributed by atoms with Crippen molar-refractivity contribution in [2.75, 3.05) is 12.4 Å². The van der Waals surface area contributed by atoms with E-state index in [9.17, 15) is 4.79 Å². The lowest BCUT2D eigenvalue weighted by atomic mass is 10.0. The summed E-state index contributed by atoms with van der Waals surface area (Å²) in [6.07, 6.45) is 0. The maximum atomic E-state index is 11.6. The van der Waals surface area contributed by atoms with E-state index in [-0.39, 0.29) is 5.91 Å². The van der Waals surface area contributed by atoms with Crippen LogP contribution in [0.15, 0.2) is 17.3 Å². The third kappa shape index (κ3) is 1.48. The number of fused-ring (bicyclic) bond motifs is 1. The van der Waals surface area contributed by atoms with Gasteiger partial charge in [-0.2, -0.15) is 0 Å². The van der Waals surface area contributed by atoms with Crippen LogP contribution in [-0.4, -0.2) is 18.7 Å². The zero-order valence-electron chi connectivity index (χ0n) is 8.92. The van der Waals surface area contributed by atoms with Crippen molar-refractivity contribution in [2.45, 2.75) is 13.8 Å². The first kappa shape index (κ1) is 9.71. The molecule has 0 radical (unpaired) electrons. The Kier molecular flexibility index (Phi) is 2.19. The zero-order chi connectivity index (χ0) is 11.0. The number of amides is 1. The highest BCUT2D eigenvalue weighted by Crippen LogP contribution is 2.28. The van der Waals surface area contributed by atoms with Crippen LogP contribution in [0.1, 0.15) is 16.7 Å². The standard InChI is InChI=1S/C11H12N2O2/c1-6-4-7(2)9-8(5-6)10(13-15-3)11(14)12-9/h4-5H,1-3H3,(H,12,13,14). The average molecular weight is 204 g/mol. The van der Waals surface area contributed by atoms with Gasteiger partial charge in [-0.1, -0.05) is 16.8 Å². The van der Waals surface area contributed by atoms with E-state index in [1.165, 1.54) is 7.11 Å². The van der Waals surface area contributed by atoms with Crippen molar-refractivity contribution in [1.82, 2.24) is 0 Å². The highest BCUT2D eigenvalue weighted by molar-refractivity contribution is 6.53. The van der Waals surface area contributed by atoms with Gasteiger partial charge in [0.1, 0.15) is 7.11 Å². The van der Waals surface area contributed by atoms with Crippen LogP contribution in [0.4, 0.5) is 5.69 Å². The molecule has 15 heavy (non-hydrogen) atoms. The Morgan fingerprint density at radius 1 is 1.33 bits per heavy atom. The minimum absolute atomic E-state index is 0.208. The van der Waals surface area contributed by atoms with E-state index in [1.54, 1.807) is 0 Å². The molecule has 0 unspecified atom stereocenters. The molecular weight excluding hydrogens is 192 g/mol. The lowest BCUT2D eigenvalue weighted by Gasteiger charge is -2.03. The molecule has 0 bridgehead atoms. The van der Waals surface area contributed by atoms with Crippen LogP contribution in [0.3, 0.4) is 0 Å². The third-order valence-electron chi connectivity index (χ3n) is 2.37. The normalized spacial score (nSPS) is 16.5. The van der Waals surface area contributed by atoms with Gasteiger partial charge in [-0.15, -0.1) is 0 Å². The lowest BCUT2D eigenvalue weighted by molar-refractivity contribution is -0.110. The van der Waals surface area contributed by atoms with Gasteiger partial charge in [-0.05, 0) is 25.5 Å². The fourth-order valence-corrected chi connectivity index (χ4v) is 1.80. The van der Waals surface area contributed by atoms with E-state index in [0.29, 0.717) is 5.71 Å². The number of carbonyl (C=O) groups excluding carboxylic acids is 1. The SMILES string of the molecule is CO/N=C1\C(=O)Nc2c(C)cc(C)cc21. The molecule has 1 heterocycles. The largest absolute Gasteiger partial charge is 0.398 e. The number of hydrogen-bond acceptors (Lipinski definition) is 3. The molecule has 1 aliphatic heterocycles. The predicted molar refractivity (Wildman–Crippen MR) is 58.1 cm³/mol. The van der Waals surface area contributed by atoms with E-state index in [4.69, 9.17) is 0 Å². The summed E-state index contributed by atoms with van der Waals surface area (Å²) in [7, 11) is 1.43. The van der Waals surface area contributed by atoms with Crippen LogP contribution >= 0.6 is 0 Å². The molecule has 1 aromatic carbocycles. The molecule has 1 amide bonds. The first-order valence-electron chi connectivity index (χ1n) is 4.67. The summed E-state index contributed by atoms with van der Waals surface area (Å²) >= 11 is 0. The summed E-state index contributed by atoms with van der Waals surface area (Å²) in [5.74, 6) is -0.208. The van der Waals surface area contributed by atoms with Crippen LogP contribution in [-0.2, 0) is 9.63 Å². The number of oxime groups is 1. The van der Waals surface area contributed by atoms with E-state index in [2.05, 4.69) is 15.3 Å². The Morgan fingerprint density at radius 3 is 2.73 bits per heavy atom. The minimum atomic E-state index is -0.208. The Labute approximate surface area is 87.9 Å². The van der Waals surface area contributed by atoms with Crippen molar-refractivity contribution >= 4 is 17.3 Å². The number of anilines is 1. The minimum Gasteiger partial charge on any atom is -0.398 e. The number of carbonyl (C=O) groups is 1. The maximum Gasteiger partial charge on any atom is 0.278 e. The van der Waals surface area contributed by atoms with Crippen LogP contribution < -0.4 is 5.32 Å². The molecule has 0 atom stereocenters. The van der Waals surface area contributed by atoms with Gasteiger partial charge in [-0.3, -0.25) is 4.79 Å². The second-order valence-corrected chi connectivity index (χ2v) is 3.58. The Morgan fingerprint density at radius 2 is 2.07 bits per heavy atom. The molecule has 2 rings (SSSR count). The molecule has 0 aromatic heterocycles. The number of hydrogen-bond donors (Lipinski definition) is 1. The molecule has 0 saturated carbocycles. The summed E-state index contributed by atoms with van der Waals surface area (Å²) in [4.78, 5) is 16.2. The van der Waals surface area contributed by atoms with Crippen LogP contribution in [0.2, 0.25) is 0 Å². The second kappa shape index (κ2) is 3.38. The lowest BCUT2D eigenvalue weighted by Crippen LogP contribution is -2.14. The highest BCUT2D eigenvalue weighted by atomic mass is 16.6. The van der Waals surface area contributed by atoms with Gasteiger partial charge >= 0.3 is 0 Å². The molecule has 4 heteroatoms. The Hall–Kier alpha value is -1.84. The van der Waals surface area contributed by atoms with Crippen molar-refractivity contribution in [1.29, 1.82) is 0 Å². The first-order chi connectivity index (χ1) is 7.13. The average Bonchev–Trinajstić information content (AvgIpc) is 2.46. The molecule has 78 valence electrons. The van der Waals surface area contributed by atoms with Gasteiger partial charge in [0, 0.05) is 5.56 Å². The number of benzene rings is 1. The van der Waals surface area contributed by atoms with E-state index >= 15 is 0 Å². The fraction of sp³-hybridized carbons (Fsp3) is 0.273. The quantitative estimate of drug-likeness (QED) is 0.706. The van der Waals surface area contributed by atoms with Gasteiger partial charge < -0.3 is 10.2 Å². The topological polar surface area (TPSA) is 50.7 Å². The Balaban J connectivity index is 2.63. The molecule has 0 spiro atoms. The van der Waals surface area contributed by atoms with Crippen LogP contribution in [0.5, 0.6) is 0 Å². The van der Waals surface area contributed by atoms with Crippen molar-refractivity contribution in [3.8, 4) is 0 Å². The van der Waals surface area contributed by atoms with Crippen LogP contribution in [0.25, 0.3) is 0 Å². The van der Waals surface area contributed by atoms with Gasteiger partial charge in [0.2, 0.25) is 0 Å². The van der Waals surface area contributed by atoms with E-state index in [1.807, 2.05) is 26.0 Å². The monoisotopic (exact) mass is 204 g/mol. The summed E-state index contributed by atoms with van der Waals surface area (Å²) < 4.78 is 0. The third-order valence-corrected chi connectivity index (χ3v) is 2.37. The summed E-state index contributed by atoms with van der Waals surface area (Å²) in [5.41, 5.74) is 4.14. The van der Waals surface area contributed by atoms with Crippen LogP contribution in [0, 0.1) is 13.8 Å². The molecule has 4 nitrogen and oxygen atoms in total. The van der Waals surface area contributed by atoms with Crippen molar-refractivity contribution in [3.63, 3.8) is 0 Å². The number of nitrogens with one attached hydrogen (secondary N) is 1.